The highest BCUT2D eigenvalue weighted by molar-refractivity contribution is 5.82. The lowest BCUT2D eigenvalue weighted by molar-refractivity contribution is -0.136. The van der Waals surface area contributed by atoms with Crippen LogP contribution in [0.5, 0.6) is 0 Å². The van der Waals surface area contributed by atoms with Crippen molar-refractivity contribution in [3.8, 4) is 0 Å². The summed E-state index contributed by atoms with van der Waals surface area (Å²) in [5.74, 6) is -0.775. The topological polar surface area (TPSA) is 45.5 Å². The predicted octanol–water partition coefficient (Wildman–Crippen LogP) is 3.71. The number of hydrogen-bond donors (Lipinski definition) is 1. The zero-order valence-electron chi connectivity index (χ0n) is 13.9. The van der Waals surface area contributed by atoms with Gasteiger partial charge in [0.25, 0.3) is 0 Å². The van der Waals surface area contributed by atoms with E-state index in [9.17, 15) is 4.79 Å². The van der Waals surface area contributed by atoms with E-state index in [-0.39, 0.29) is 6.42 Å². The number of fused-ring (bicyclic) bond motifs is 1. The molecule has 4 heteroatoms. The number of aromatic nitrogens is 1. The monoisotopic (exact) mass is 314 g/mol. The molecule has 0 saturated carbocycles. The molecule has 3 rings (SSSR count). The number of aliphatic carboxylic acids is 1. The maximum Gasteiger partial charge on any atom is 0.307 e. The van der Waals surface area contributed by atoms with Gasteiger partial charge in [0.05, 0.1) is 6.42 Å². The number of nitrogens with zero attached hydrogens (tertiary/aromatic N) is 2. The first-order chi connectivity index (χ1) is 11.2. The van der Waals surface area contributed by atoms with Gasteiger partial charge in [-0.2, -0.15) is 0 Å². The molecule has 0 aliphatic carbocycles. The minimum Gasteiger partial charge on any atom is -0.481 e. The molecular weight excluding hydrogens is 288 g/mol. The highest BCUT2D eigenvalue weighted by Gasteiger charge is 2.21. The van der Waals surface area contributed by atoms with Crippen molar-refractivity contribution >= 4 is 16.9 Å². The van der Waals surface area contributed by atoms with Crippen molar-refractivity contribution in [2.24, 2.45) is 0 Å². The molecule has 1 aromatic carbocycles. The normalized spacial score (nSPS) is 16.9. The summed E-state index contributed by atoms with van der Waals surface area (Å²) in [6.45, 7) is 5.84. The van der Waals surface area contributed by atoms with Crippen LogP contribution >= 0.6 is 0 Å². The maximum atomic E-state index is 10.9. The molecule has 0 amide bonds. The Kier molecular flexibility index (Phi) is 5.01. The number of carboxylic acids is 1. The molecule has 1 N–H and O–H groups in total. The highest BCUT2D eigenvalue weighted by atomic mass is 16.4. The fraction of sp³-hybridized carbons (Fsp3) is 0.526. The molecule has 4 nitrogen and oxygen atoms in total. The Morgan fingerprint density at radius 1 is 1.26 bits per heavy atom. The van der Waals surface area contributed by atoms with Gasteiger partial charge in [-0.25, -0.2) is 0 Å². The van der Waals surface area contributed by atoms with Crippen molar-refractivity contribution in [2.75, 3.05) is 19.6 Å². The largest absolute Gasteiger partial charge is 0.481 e. The quantitative estimate of drug-likeness (QED) is 0.884. The number of likely N-dealkylation sites (tertiary alicyclic amines) is 1. The molecule has 0 bridgehead atoms. The summed E-state index contributed by atoms with van der Waals surface area (Å²) >= 11 is 0. The van der Waals surface area contributed by atoms with Gasteiger partial charge in [0.2, 0.25) is 0 Å². The molecule has 2 heterocycles. The van der Waals surface area contributed by atoms with Crippen LogP contribution in [0.2, 0.25) is 0 Å². The van der Waals surface area contributed by atoms with Gasteiger partial charge in [-0.15, -0.1) is 0 Å². The van der Waals surface area contributed by atoms with Crippen LogP contribution in [0.1, 0.15) is 44.2 Å². The lowest BCUT2D eigenvalue weighted by atomic mass is 10.0. The van der Waals surface area contributed by atoms with E-state index < -0.39 is 5.97 Å². The Labute approximate surface area is 137 Å². The molecule has 0 radical (unpaired) electrons. The molecule has 1 fully saturated rings. The Morgan fingerprint density at radius 2 is 2.04 bits per heavy atom. The molecular formula is C19H26N2O2. The third-order valence-corrected chi connectivity index (χ3v) is 4.92. The number of carboxylic acid groups (broad SMARTS) is 1. The summed E-state index contributed by atoms with van der Waals surface area (Å²) in [4.78, 5) is 13.4. The number of piperidine rings is 1. The van der Waals surface area contributed by atoms with E-state index in [1.807, 2.05) is 12.1 Å². The van der Waals surface area contributed by atoms with Crippen LogP contribution in [0.3, 0.4) is 0 Å². The van der Waals surface area contributed by atoms with Gasteiger partial charge < -0.3 is 14.6 Å². The van der Waals surface area contributed by atoms with Gasteiger partial charge in [-0.3, -0.25) is 4.79 Å². The van der Waals surface area contributed by atoms with Gasteiger partial charge in [0.1, 0.15) is 0 Å². The Bertz CT molecular complexity index is 669. The first-order valence-corrected chi connectivity index (χ1v) is 8.71. The van der Waals surface area contributed by atoms with Gasteiger partial charge in [-0.1, -0.05) is 19.4 Å². The number of benzene rings is 1. The van der Waals surface area contributed by atoms with Crippen molar-refractivity contribution in [1.82, 2.24) is 9.47 Å². The molecule has 0 unspecified atom stereocenters. The molecule has 124 valence electrons. The average Bonchev–Trinajstić information content (AvgIpc) is 2.96. The smallest absolute Gasteiger partial charge is 0.307 e. The minimum absolute atomic E-state index is 0.0942. The van der Waals surface area contributed by atoms with Gasteiger partial charge in [0.15, 0.2) is 0 Å². The fourth-order valence-corrected chi connectivity index (χ4v) is 3.62. The van der Waals surface area contributed by atoms with Crippen LogP contribution in [0.15, 0.2) is 30.5 Å². The molecule has 0 spiro atoms. The first kappa shape index (κ1) is 16.1. The van der Waals surface area contributed by atoms with Crippen LogP contribution in [-0.4, -0.2) is 40.2 Å². The standard InChI is InChI=1S/C19H26N2O2/c1-2-3-9-20-10-7-17(8-11-20)21-12-6-16-13-15(14-19(22)23)4-5-18(16)21/h4-6,12-13,17H,2-3,7-11,14H2,1H3,(H,22,23). The molecule has 1 saturated heterocycles. The number of carbonyl (C=O) groups is 1. The zero-order valence-corrected chi connectivity index (χ0v) is 13.9. The zero-order chi connectivity index (χ0) is 16.2. The second-order valence-corrected chi connectivity index (χ2v) is 6.61. The van der Waals surface area contributed by atoms with Gasteiger partial charge in [0, 0.05) is 30.8 Å². The lowest BCUT2D eigenvalue weighted by Crippen LogP contribution is -2.35. The van der Waals surface area contributed by atoms with Crippen molar-refractivity contribution < 1.29 is 9.90 Å². The number of rotatable bonds is 6. The van der Waals surface area contributed by atoms with Crippen molar-refractivity contribution in [3.63, 3.8) is 0 Å². The van der Waals surface area contributed by atoms with E-state index in [2.05, 4.69) is 34.7 Å². The SMILES string of the molecule is CCCCN1CCC(n2ccc3cc(CC(=O)O)ccc32)CC1. The van der Waals surface area contributed by atoms with Crippen LogP contribution in [-0.2, 0) is 11.2 Å². The molecule has 1 aliphatic heterocycles. The number of unbranched alkanes of at least 4 members (excludes halogenated alkanes) is 1. The first-order valence-electron chi connectivity index (χ1n) is 8.71. The van der Waals surface area contributed by atoms with E-state index in [0.717, 1.165) is 10.9 Å². The summed E-state index contributed by atoms with van der Waals surface area (Å²) in [6.07, 6.45) is 7.22. The second kappa shape index (κ2) is 7.18. The van der Waals surface area contributed by atoms with E-state index >= 15 is 0 Å². The molecule has 1 aliphatic rings. The summed E-state index contributed by atoms with van der Waals surface area (Å²) < 4.78 is 2.39. The Balaban J connectivity index is 1.70. The second-order valence-electron chi connectivity index (χ2n) is 6.61. The molecule has 0 atom stereocenters. The Hall–Kier alpha value is -1.81. The number of hydrogen-bond acceptors (Lipinski definition) is 2. The maximum absolute atomic E-state index is 10.9. The van der Waals surface area contributed by atoms with Crippen LogP contribution in [0.4, 0.5) is 0 Å². The summed E-state index contributed by atoms with van der Waals surface area (Å²) in [7, 11) is 0. The third-order valence-electron chi connectivity index (χ3n) is 4.92. The summed E-state index contributed by atoms with van der Waals surface area (Å²) in [5.41, 5.74) is 2.10. The van der Waals surface area contributed by atoms with Crippen LogP contribution < -0.4 is 0 Å². The predicted molar refractivity (Wildman–Crippen MR) is 92.9 cm³/mol. The van der Waals surface area contributed by atoms with E-state index in [4.69, 9.17) is 5.11 Å². The lowest BCUT2D eigenvalue weighted by Gasteiger charge is -2.33. The van der Waals surface area contributed by atoms with E-state index in [1.54, 1.807) is 0 Å². The van der Waals surface area contributed by atoms with Crippen LogP contribution in [0, 0.1) is 0 Å². The van der Waals surface area contributed by atoms with E-state index in [0.29, 0.717) is 6.04 Å². The van der Waals surface area contributed by atoms with Crippen LogP contribution in [0.25, 0.3) is 10.9 Å². The van der Waals surface area contributed by atoms with E-state index in [1.165, 1.54) is 50.8 Å². The van der Waals surface area contributed by atoms with Crippen molar-refractivity contribution in [3.05, 3.63) is 36.0 Å². The summed E-state index contributed by atoms with van der Waals surface area (Å²) in [6, 6.07) is 8.72. The van der Waals surface area contributed by atoms with Gasteiger partial charge in [-0.05, 0) is 55.0 Å². The Morgan fingerprint density at radius 3 is 2.74 bits per heavy atom. The highest BCUT2D eigenvalue weighted by Crippen LogP contribution is 2.28. The average molecular weight is 314 g/mol. The molecule has 23 heavy (non-hydrogen) atoms. The summed E-state index contributed by atoms with van der Waals surface area (Å²) in [5, 5.41) is 10.1. The van der Waals surface area contributed by atoms with Crippen molar-refractivity contribution in [1.29, 1.82) is 0 Å². The minimum atomic E-state index is -0.775. The molecule has 1 aromatic heterocycles. The fourth-order valence-electron chi connectivity index (χ4n) is 3.62. The third kappa shape index (κ3) is 3.75. The van der Waals surface area contributed by atoms with Gasteiger partial charge >= 0.3 is 5.97 Å². The van der Waals surface area contributed by atoms with Crippen molar-refractivity contribution in [2.45, 2.75) is 45.1 Å². The molecule has 2 aromatic rings.